The maximum Gasteiger partial charge on any atom is 0.308 e. The average molecular weight is 308 g/mol. The van der Waals surface area contributed by atoms with Gasteiger partial charge in [0.05, 0.1) is 0 Å². The minimum atomic E-state index is -1.01. The second kappa shape index (κ2) is 5.28. The number of aliphatic hydroxyl groups excluding tert-OH is 1. The molecule has 0 aromatic heterocycles. The van der Waals surface area contributed by atoms with Gasteiger partial charge in [0, 0.05) is 12.5 Å². The van der Waals surface area contributed by atoms with Gasteiger partial charge >= 0.3 is 5.97 Å². The standard InChI is InChI=1S/C9H9IO4/c1-6(11)13-8-4-2-3-7(5-8)9(12)14-10/h2-5,9,12H,1H3. The van der Waals surface area contributed by atoms with E-state index in [0.29, 0.717) is 11.3 Å². The molecule has 14 heavy (non-hydrogen) atoms. The smallest absolute Gasteiger partial charge is 0.308 e. The maximum absolute atomic E-state index is 10.6. The first-order chi connectivity index (χ1) is 6.63. The number of benzene rings is 1. The predicted octanol–water partition coefficient (Wildman–Crippen LogP) is 1.97. The summed E-state index contributed by atoms with van der Waals surface area (Å²) >= 11 is 1.60. The zero-order valence-electron chi connectivity index (χ0n) is 7.44. The number of halogens is 1. The first kappa shape index (κ1) is 11.4. The van der Waals surface area contributed by atoms with Crippen LogP contribution >= 0.6 is 23.0 Å². The summed E-state index contributed by atoms with van der Waals surface area (Å²) in [4.78, 5) is 10.6. The summed E-state index contributed by atoms with van der Waals surface area (Å²) in [5.74, 6) is -0.00506. The van der Waals surface area contributed by atoms with Gasteiger partial charge in [-0.3, -0.25) is 7.86 Å². The van der Waals surface area contributed by atoms with Crippen LogP contribution in [0.25, 0.3) is 0 Å². The Balaban J connectivity index is 2.83. The van der Waals surface area contributed by atoms with E-state index in [4.69, 9.17) is 4.74 Å². The Morgan fingerprint density at radius 3 is 2.86 bits per heavy atom. The number of carbonyl (C=O) groups excluding carboxylic acids is 1. The number of rotatable bonds is 3. The third kappa shape index (κ3) is 3.24. The Morgan fingerprint density at radius 1 is 1.57 bits per heavy atom. The molecule has 76 valence electrons. The highest BCUT2D eigenvalue weighted by Crippen LogP contribution is 2.21. The molecule has 0 aliphatic heterocycles. The van der Waals surface area contributed by atoms with E-state index in [-0.39, 0.29) is 0 Å². The van der Waals surface area contributed by atoms with Gasteiger partial charge in [-0.05, 0) is 12.1 Å². The summed E-state index contributed by atoms with van der Waals surface area (Å²) in [5, 5.41) is 9.32. The topological polar surface area (TPSA) is 55.8 Å². The molecule has 1 rings (SSSR count). The van der Waals surface area contributed by atoms with E-state index in [2.05, 4.69) is 3.07 Å². The number of ether oxygens (including phenoxy) is 1. The van der Waals surface area contributed by atoms with E-state index in [1.54, 1.807) is 47.3 Å². The van der Waals surface area contributed by atoms with Crippen LogP contribution in [-0.4, -0.2) is 11.1 Å². The minimum Gasteiger partial charge on any atom is -0.427 e. The van der Waals surface area contributed by atoms with E-state index in [9.17, 15) is 9.90 Å². The molecule has 1 atom stereocenters. The molecule has 1 aromatic rings. The Morgan fingerprint density at radius 2 is 2.29 bits per heavy atom. The fraction of sp³-hybridized carbons (Fsp3) is 0.222. The predicted molar refractivity (Wildman–Crippen MR) is 57.8 cm³/mol. The maximum atomic E-state index is 10.6. The molecule has 0 fully saturated rings. The van der Waals surface area contributed by atoms with Crippen molar-refractivity contribution in [3.05, 3.63) is 29.8 Å². The van der Waals surface area contributed by atoms with Crippen LogP contribution in [0.4, 0.5) is 0 Å². The van der Waals surface area contributed by atoms with Gasteiger partial charge < -0.3 is 9.84 Å². The lowest BCUT2D eigenvalue weighted by molar-refractivity contribution is -0.131. The van der Waals surface area contributed by atoms with Crippen molar-refractivity contribution in [3.8, 4) is 5.75 Å². The minimum absolute atomic E-state index is 0.391. The van der Waals surface area contributed by atoms with E-state index < -0.39 is 12.3 Å². The summed E-state index contributed by atoms with van der Waals surface area (Å²) in [6.45, 7) is 1.32. The lowest BCUT2D eigenvalue weighted by Gasteiger charge is -2.08. The third-order valence-corrected chi connectivity index (χ3v) is 1.97. The van der Waals surface area contributed by atoms with Crippen LogP contribution in [0.2, 0.25) is 0 Å². The van der Waals surface area contributed by atoms with E-state index in [0.717, 1.165) is 0 Å². The van der Waals surface area contributed by atoms with E-state index in [1.807, 2.05) is 0 Å². The van der Waals surface area contributed by atoms with Gasteiger partial charge in [0.25, 0.3) is 0 Å². The fourth-order valence-corrected chi connectivity index (χ4v) is 1.24. The molecular formula is C9H9IO4. The molecule has 0 bridgehead atoms. The molecule has 4 nitrogen and oxygen atoms in total. The van der Waals surface area contributed by atoms with Gasteiger partial charge in [0.15, 0.2) is 6.29 Å². The van der Waals surface area contributed by atoms with Crippen LogP contribution in [0.5, 0.6) is 5.75 Å². The molecule has 5 heteroatoms. The first-order valence-electron chi connectivity index (χ1n) is 3.87. The molecule has 0 heterocycles. The molecule has 0 aliphatic rings. The van der Waals surface area contributed by atoms with Crippen molar-refractivity contribution in [2.75, 3.05) is 0 Å². The fourth-order valence-electron chi connectivity index (χ4n) is 0.949. The Hall–Kier alpha value is -0.660. The van der Waals surface area contributed by atoms with Crippen LogP contribution < -0.4 is 4.74 Å². The monoisotopic (exact) mass is 308 g/mol. The van der Waals surface area contributed by atoms with Crippen molar-refractivity contribution < 1.29 is 17.7 Å². The molecule has 1 N–H and O–H groups in total. The highest BCUT2D eigenvalue weighted by Gasteiger charge is 2.07. The second-order valence-electron chi connectivity index (χ2n) is 2.61. The van der Waals surface area contributed by atoms with Gasteiger partial charge in [-0.1, -0.05) is 12.1 Å². The molecule has 0 radical (unpaired) electrons. The van der Waals surface area contributed by atoms with Crippen LogP contribution in [-0.2, 0) is 7.86 Å². The molecule has 0 amide bonds. The Bertz CT molecular complexity index is 326. The SMILES string of the molecule is CC(=O)Oc1cccc(C(O)OI)c1. The molecule has 0 saturated heterocycles. The van der Waals surface area contributed by atoms with E-state index in [1.165, 1.54) is 6.92 Å². The average Bonchev–Trinajstić information content (AvgIpc) is 2.16. The summed E-state index contributed by atoms with van der Waals surface area (Å²) in [7, 11) is 0. The number of carbonyl (C=O) groups is 1. The number of hydrogen-bond acceptors (Lipinski definition) is 4. The summed E-state index contributed by atoms with van der Waals surface area (Å²) < 4.78 is 9.52. The van der Waals surface area contributed by atoms with Gasteiger partial charge in [0.1, 0.15) is 28.8 Å². The van der Waals surface area contributed by atoms with E-state index >= 15 is 0 Å². The Labute approximate surface area is 95.5 Å². The summed E-state index contributed by atoms with van der Waals surface area (Å²) in [5.41, 5.74) is 0.540. The van der Waals surface area contributed by atoms with Gasteiger partial charge in [-0.15, -0.1) is 0 Å². The largest absolute Gasteiger partial charge is 0.427 e. The lowest BCUT2D eigenvalue weighted by atomic mass is 10.2. The first-order valence-corrected chi connectivity index (χ1v) is 4.75. The van der Waals surface area contributed by atoms with Crippen molar-refractivity contribution in [1.29, 1.82) is 0 Å². The van der Waals surface area contributed by atoms with Gasteiger partial charge in [-0.25, -0.2) is 0 Å². The number of esters is 1. The van der Waals surface area contributed by atoms with Crippen molar-refractivity contribution in [3.63, 3.8) is 0 Å². The van der Waals surface area contributed by atoms with Gasteiger partial charge in [0.2, 0.25) is 0 Å². The lowest BCUT2D eigenvalue weighted by Crippen LogP contribution is -2.02. The molecule has 1 aromatic carbocycles. The van der Waals surface area contributed by atoms with Crippen LogP contribution in [0.1, 0.15) is 18.8 Å². The summed E-state index contributed by atoms with van der Waals surface area (Å²) in [6, 6.07) is 6.53. The van der Waals surface area contributed by atoms with Crippen LogP contribution in [0, 0.1) is 0 Å². The molecule has 0 saturated carbocycles. The highest BCUT2D eigenvalue weighted by atomic mass is 127. The summed E-state index contributed by atoms with van der Waals surface area (Å²) in [6.07, 6.45) is -1.01. The number of aliphatic hydroxyl groups is 1. The van der Waals surface area contributed by atoms with Crippen molar-refractivity contribution in [2.45, 2.75) is 13.2 Å². The highest BCUT2D eigenvalue weighted by molar-refractivity contribution is 14.1. The second-order valence-corrected chi connectivity index (χ2v) is 3.12. The molecule has 0 spiro atoms. The molecule has 0 aliphatic carbocycles. The Kier molecular flexibility index (Phi) is 4.30. The zero-order valence-corrected chi connectivity index (χ0v) is 9.59. The van der Waals surface area contributed by atoms with Crippen molar-refractivity contribution >= 4 is 29.0 Å². The quantitative estimate of drug-likeness (QED) is 0.401. The van der Waals surface area contributed by atoms with Crippen molar-refractivity contribution in [1.82, 2.24) is 0 Å². The molecule has 1 unspecified atom stereocenters. The van der Waals surface area contributed by atoms with Crippen molar-refractivity contribution in [2.24, 2.45) is 0 Å². The van der Waals surface area contributed by atoms with Crippen LogP contribution in [0.15, 0.2) is 24.3 Å². The third-order valence-electron chi connectivity index (χ3n) is 1.49. The normalized spacial score (nSPS) is 12.2. The molecular weight excluding hydrogens is 299 g/mol. The van der Waals surface area contributed by atoms with Gasteiger partial charge in [-0.2, -0.15) is 0 Å². The number of hydrogen-bond donors (Lipinski definition) is 1. The zero-order chi connectivity index (χ0) is 10.6. The van der Waals surface area contributed by atoms with Crippen LogP contribution in [0.3, 0.4) is 0 Å².